The Morgan fingerprint density at radius 1 is 1.07 bits per heavy atom. The van der Waals surface area contributed by atoms with E-state index >= 15 is 0 Å². The second-order valence-corrected chi connectivity index (χ2v) is 6.68. The Morgan fingerprint density at radius 2 is 1.70 bits per heavy atom. The van der Waals surface area contributed by atoms with Gasteiger partial charge in [0.2, 0.25) is 5.75 Å². The van der Waals surface area contributed by atoms with Gasteiger partial charge in [-0.05, 0) is 56.7 Å². The summed E-state index contributed by atoms with van der Waals surface area (Å²) in [6.45, 7) is 6.13. The van der Waals surface area contributed by atoms with Gasteiger partial charge in [-0.15, -0.1) is 0 Å². The maximum atomic E-state index is 13.0. The Balaban J connectivity index is 1.92. The number of carbonyl (C=O) groups excluding carboxylic acids is 1. The van der Waals surface area contributed by atoms with Crippen molar-refractivity contribution in [3.05, 3.63) is 71.1 Å². The average Bonchev–Trinajstić information content (AvgIpc) is 3.07. The summed E-state index contributed by atoms with van der Waals surface area (Å²) in [6.07, 6.45) is 3.28. The van der Waals surface area contributed by atoms with Gasteiger partial charge in [-0.3, -0.25) is 4.79 Å². The molecule has 0 aliphatic carbocycles. The molecule has 0 saturated carbocycles. The summed E-state index contributed by atoms with van der Waals surface area (Å²) in [7, 11) is 3.14. The van der Waals surface area contributed by atoms with Crippen LogP contribution in [0.4, 0.5) is 0 Å². The molecule has 0 unspecified atom stereocenters. The lowest BCUT2D eigenvalue weighted by atomic mass is 10.1. The quantitative estimate of drug-likeness (QED) is 0.397. The molecular formula is C24H26N2O4. The van der Waals surface area contributed by atoms with E-state index in [0.29, 0.717) is 35.1 Å². The number of para-hydroxylation sites is 1. The number of ketones is 1. The first-order chi connectivity index (χ1) is 14.5. The highest BCUT2D eigenvalue weighted by Gasteiger charge is 2.18. The van der Waals surface area contributed by atoms with Gasteiger partial charge in [-0.25, -0.2) is 4.68 Å². The second-order valence-electron chi connectivity index (χ2n) is 6.68. The van der Waals surface area contributed by atoms with E-state index in [1.54, 1.807) is 31.1 Å². The van der Waals surface area contributed by atoms with E-state index in [0.717, 1.165) is 16.9 Å². The summed E-state index contributed by atoms with van der Waals surface area (Å²) < 4.78 is 18.3. The number of aryl methyl sites for hydroxylation is 1. The average molecular weight is 406 g/mol. The molecule has 0 N–H and O–H groups in total. The van der Waals surface area contributed by atoms with Gasteiger partial charge in [0.1, 0.15) is 0 Å². The first kappa shape index (κ1) is 21.2. The van der Waals surface area contributed by atoms with Gasteiger partial charge < -0.3 is 14.2 Å². The van der Waals surface area contributed by atoms with Gasteiger partial charge in [0.25, 0.3) is 0 Å². The molecule has 3 aromatic rings. The predicted molar refractivity (Wildman–Crippen MR) is 117 cm³/mol. The minimum atomic E-state index is -0.112. The van der Waals surface area contributed by atoms with Crippen LogP contribution in [0.15, 0.2) is 48.5 Å². The van der Waals surface area contributed by atoms with Gasteiger partial charge in [-0.1, -0.05) is 24.3 Å². The monoisotopic (exact) mass is 406 g/mol. The van der Waals surface area contributed by atoms with Crippen molar-refractivity contribution in [3.63, 3.8) is 0 Å². The number of allylic oxidation sites excluding steroid dienone is 1. The Hall–Kier alpha value is -3.54. The highest BCUT2D eigenvalue weighted by molar-refractivity contribution is 6.08. The number of carbonyl (C=O) groups is 1. The van der Waals surface area contributed by atoms with Crippen molar-refractivity contribution in [1.29, 1.82) is 0 Å². The van der Waals surface area contributed by atoms with Crippen molar-refractivity contribution in [2.45, 2.75) is 20.8 Å². The maximum absolute atomic E-state index is 13.0. The van der Waals surface area contributed by atoms with Crippen LogP contribution in [-0.2, 0) is 0 Å². The molecule has 6 nitrogen and oxygen atoms in total. The number of ether oxygens (including phenoxy) is 3. The van der Waals surface area contributed by atoms with Crippen molar-refractivity contribution in [2.24, 2.45) is 0 Å². The minimum Gasteiger partial charge on any atom is -0.493 e. The first-order valence-electron chi connectivity index (χ1n) is 9.73. The second kappa shape index (κ2) is 9.31. The van der Waals surface area contributed by atoms with Crippen LogP contribution in [0, 0.1) is 13.8 Å². The molecule has 6 heteroatoms. The zero-order valence-corrected chi connectivity index (χ0v) is 17.9. The van der Waals surface area contributed by atoms with Gasteiger partial charge in [-0.2, -0.15) is 5.10 Å². The number of aromatic nitrogens is 2. The summed E-state index contributed by atoms with van der Waals surface area (Å²) in [4.78, 5) is 13.0. The molecule has 0 bridgehead atoms. The number of hydrogen-bond donors (Lipinski definition) is 0. The normalized spacial score (nSPS) is 11.0. The lowest BCUT2D eigenvalue weighted by Gasteiger charge is -2.14. The number of hydrogen-bond acceptors (Lipinski definition) is 5. The van der Waals surface area contributed by atoms with Crippen LogP contribution in [0.25, 0.3) is 11.8 Å². The smallest absolute Gasteiger partial charge is 0.203 e. The SMILES string of the molecule is CCOc1c(OC)cc(/C=C/C(=O)c2c(C)nn(-c3ccccc3)c2C)cc1OC. The summed E-state index contributed by atoms with van der Waals surface area (Å²) in [5, 5.41) is 4.55. The number of nitrogens with zero attached hydrogens (tertiary/aromatic N) is 2. The van der Waals surface area contributed by atoms with Crippen molar-refractivity contribution in [1.82, 2.24) is 9.78 Å². The first-order valence-corrected chi connectivity index (χ1v) is 9.73. The van der Waals surface area contributed by atoms with Crippen LogP contribution < -0.4 is 14.2 Å². The van der Waals surface area contributed by atoms with E-state index in [1.165, 1.54) is 0 Å². The highest BCUT2D eigenvalue weighted by atomic mass is 16.5. The van der Waals surface area contributed by atoms with Crippen LogP contribution >= 0.6 is 0 Å². The van der Waals surface area contributed by atoms with E-state index in [9.17, 15) is 4.79 Å². The Bertz CT molecular complexity index is 1040. The Labute approximate surface area is 176 Å². The van der Waals surface area contributed by atoms with Crippen LogP contribution in [-0.4, -0.2) is 36.4 Å². The third-order valence-electron chi connectivity index (χ3n) is 4.74. The minimum absolute atomic E-state index is 0.112. The molecular weight excluding hydrogens is 380 g/mol. The van der Waals surface area contributed by atoms with Crippen molar-refractivity contribution in [2.75, 3.05) is 20.8 Å². The number of benzene rings is 2. The fraction of sp³-hybridized carbons (Fsp3) is 0.250. The van der Waals surface area contributed by atoms with Gasteiger partial charge >= 0.3 is 0 Å². The number of methoxy groups -OCH3 is 2. The molecule has 3 rings (SSSR count). The predicted octanol–water partition coefficient (Wildman–Crippen LogP) is 4.80. The fourth-order valence-electron chi connectivity index (χ4n) is 3.36. The van der Waals surface area contributed by atoms with Crippen LogP contribution in [0.3, 0.4) is 0 Å². The Kier molecular flexibility index (Phi) is 6.57. The zero-order valence-electron chi connectivity index (χ0n) is 17.9. The van der Waals surface area contributed by atoms with Crippen LogP contribution in [0.2, 0.25) is 0 Å². The van der Waals surface area contributed by atoms with Crippen molar-refractivity contribution in [3.8, 4) is 22.9 Å². The molecule has 0 amide bonds. The molecule has 0 atom stereocenters. The van der Waals surface area contributed by atoms with Crippen LogP contribution in [0.1, 0.15) is 34.2 Å². The maximum Gasteiger partial charge on any atom is 0.203 e. The fourth-order valence-corrected chi connectivity index (χ4v) is 3.36. The Morgan fingerprint density at radius 3 is 2.27 bits per heavy atom. The van der Waals surface area contributed by atoms with Gasteiger partial charge in [0.05, 0.1) is 43.5 Å². The lowest BCUT2D eigenvalue weighted by Crippen LogP contribution is -2.02. The third-order valence-corrected chi connectivity index (χ3v) is 4.74. The molecule has 0 saturated heterocycles. The molecule has 0 radical (unpaired) electrons. The molecule has 1 heterocycles. The van der Waals surface area contributed by atoms with Gasteiger partial charge in [0, 0.05) is 0 Å². The van der Waals surface area contributed by atoms with E-state index in [-0.39, 0.29) is 5.78 Å². The standard InChI is InChI=1S/C24H26N2O4/c1-6-30-24-21(28-4)14-18(15-22(24)29-5)12-13-20(27)23-16(2)25-26(17(23)3)19-10-8-7-9-11-19/h7-15H,6H2,1-5H3/b13-12+. The summed E-state index contributed by atoms with van der Waals surface area (Å²) >= 11 is 0. The molecule has 30 heavy (non-hydrogen) atoms. The van der Waals surface area contributed by atoms with Gasteiger partial charge in [0.15, 0.2) is 17.3 Å². The lowest BCUT2D eigenvalue weighted by molar-refractivity contribution is 0.104. The van der Waals surface area contributed by atoms with Crippen molar-refractivity contribution >= 4 is 11.9 Å². The molecule has 1 aromatic heterocycles. The van der Waals surface area contributed by atoms with Crippen molar-refractivity contribution < 1.29 is 19.0 Å². The molecule has 0 fully saturated rings. The highest BCUT2D eigenvalue weighted by Crippen LogP contribution is 2.39. The summed E-state index contributed by atoms with van der Waals surface area (Å²) in [5.74, 6) is 1.53. The third kappa shape index (κ3) is 4.22. The largest absolute Gasteiger partial charge is 0.493 e. The molecule has 0 aliphatic heterocycles. The molecule has 0 aliphatic rings. The topological polar surface area (TPSA) is 62.6 Å². The zero-order chi connectivity index (χ0) is 21.7. The van der Waals surface area contributed by atoms with E-state index in [1.807, 2.05) is 63.2 Å². The summed E-state index contributed by atoms with van der Waals surface area (Å²) in [6, 6.07) is 13.4. The van der Waals surface area contributed by atoms with E-state index < -0.39 is 0 Å². The summed E-state index contributed by atoms with van der Waals surface area (Å²) in [5.41, 5.74) is 3.77. The molecule has 0 spiro atoms. The van der Waals surface area contributed by atoms with E-state index in [4.69, 9.17) is 14.2 Å². The molecule has 2 aromatic carbocycles. The van der Waals surface area contributed by atoms with Crippen LogP contribution in [0.5, 0.6) is 17.2 Å². The number of rotatable bonds is 8. The molecule has 156 valence electrons. The van der Waals surface area contributed by atoms with E-state index in [2.05, 4.69) is 5.10 Å².